The first-order valence-corrected chi connectivity index (χ1v) is 13.8. The maximum atomic E-state index is 13.0. The highest BCUT2D eigenvalue weighted by molar-refractivity contribution is 7.91. The van der Waals surface area contributed by atoms with Gasteiger partial charge < -0.3 is 4.90 Å². The van der Waals surface area contributed by atoms with Gasteiger partial charge in [0.15, 0.2) is 9.84 Å². The fourth-order valence-corrected chi connectivity index (χ4v) is 5.56. The molecular formula is C20H28N4O5S2. The van der Waals surface area contributed by atoms with Crippen LogP contribution in [0.1, 0.15) is 55.1 Å². The molecule has 2 heterocycles. The van der Waals surface area contributed by atoms with Crippen LogP contribution in [0.4, 0.5) is 5.69 Å². The summed E-state index contributed by atoms with van der Waals surface area (Å²) in [7, 11) is -6.96. The minimum atomic E-state index is -3.59. The predicted octanol–water partition coefficient (Wildman–Crippen LogP) is 2.33. The zero-order chi connectivity index (χ0) is 22.6. The Morgan fingerprint density at radius 2 is 1.87 bits per heavy atom. The molecule has 170 valence electrons. The molecule has 31 heavy (non-hydrogen) atoms. The molecule has 0 saturated carbocycles. The lowest BCUT2D eigenvalue weighted by Crippen LogP contribution is -2.33. The maximum absolute atomic E-state index is 13.0. The molecule has 1 aliphatic heterocycles. The van der Waals surface area contributed by atoms with Gasteiger partial charge in [-0.25, -0.2) is 31.3 Å². The van der Waals surface area contributed by atoms with Crippen LogP contribution in [-0.2, 0) is 26.3 Å². The third-order valence-corrected chi connectivity index (χ3v) is 7.52. The summed E-state index contributed by atoms with van der Waals surface area (Å²) >= 11 is 0. The Labute approximate surface area is 183 Å². The Kier molecular flexibility index (Phi) is 7.05. The molecule has 11 heteroatoms. The van der Waals surface area contributed by atoms with E-state index in [1.54, 1.807) is 12.1 Å². The van der Waals surface area contributed by atoms with Crippen LogP contribution in [0.15, 0.2) is 35.6 Å². The van der Waals surface area contributed by atoms with E-state index in [0.29, 0.717) is 25.1 Å². The van der Waals surface area contributed by atoms with Crippen molar-refractivity contribution < 1.29 is 21.6 Å². The number of carbonyl (C=O) groups excluding carboxylic acids is 1. The molecule has 9 nitrogen and oxygen atoms in total. The number of fused-ring (bicyclic) bond motifs is 1. The monoisotopic (exact) mass is 468 g/mol. The fraction of sp³-hybridized carbons (Fsp3) is 0.500. The number of unbranched alkanes of at least 4 members (excludes halogenated alkanes) is 4. The van der Waals surface area contributed by atoms with Crippen molar-refractivity contribution in [2.45, 2.75) is 50.3 Å². The normalized spacial score (nSPS) is 13.9. The number of hydrogen-bond donors (Lipinski definition) is 1. The van der Waals surface area contributed by atoms with E-state index in [9.17, 15) is 21.6 Å². The largest absolute Gasteiger partial charge is 0.306 e. The van der Waals surface area contributed by atoms with Gasteiger partial charge in [0, 0.05) is 12.2 Å². The standard InChI is InChI=1S/C20H28N4O5S2/c1-3-4-5-6-7-12-31(28,29)17-8-9-18-16(13-17)10-11-23(18)20(25)19-14-21-15-24(19)22-30(2,26)27/h8-9,13-15,22H,3-7,10-12H2,1-2H3. The van der Waals surface area contributed by atoms with Crippen LogP contribution < -0.4 is 9.73 Å². The Morgan fingerprint density at radius 3 is 2.58 bits per heavy atom. The van der Waals surface area contributed by atoms with E-state index in [2.05, 4.69) is 16.7 Å². The van der Waals surface area contributed by atoms with Gasteiger partial charge in [0.1, 0.15) is 12.0 Å². The third-order valence-electron chi connectivity index (χ3n) is 5.19. The topological polar surface area (TPSA) is 118 Å². The number of nitrogens with one attached hydrogen (secondary N) is 1. The van der Waals surface area contributed by atoms with Crippen LogP contribution in [0.3, 0.4) is 0 Å². The summed E-state index contributed by atoms with van der Waals surface area (Å²) in [5.41, 5.74) is 1.48. The number of nitrogens with zero attached hydrogens (tertiary/aromatic N) is 3. The van der Waals surface area contributed by atoms with Crippen LogP contribution in [-0.4, -0.2) is 51.0 Å². The van der Waals surface area contributed by atoms with Gasteiger partial charge in [0.2, 0.25) is 10.0 Å². The van der Waals surface area contributed by atoms with E-state index < -0.39 is 25.8 Å². The first-order valence-electron chi connectivity index (χ1n) is 10.3. The van der Waals surface area contributed by atoms with Gasteiger partial charge in [-0.2, -0.15) is 0 Å². The average molecular weight is 469 g/mol. The van der Waals surface area contributed by atoms with Gasteiger partial charge >= 0.3 is 0 Å². The van der Waals surface area contributed by atoms with Crippen molar-refractivity contribution in [1.82, 2.24) is 9.66 Å². The second-order valence-electron chi connectivity index (χ2n) is 7.74. The summed E-state index contributed by atoms with van der Waals surface area (Å²) in [4.78, 5) is 20.9. The minimum absolute atomic E-state index is 0.0713. The number of amides is 1. The molecule has 3 rings (SSSR count). The van der Waals surface area contributed by atoms with Gasteiger partial charge in [-0.15, -0.1) is 0 Å². The number of rotatable bonds is 10. The van der Waals surface area contributed by atoms with E-state index in [-0.39, 0.29) is 16.3 Å². The molecule has 0 saturated heterocycles. The van der Waals surface area contributed by atoms with Crippen molar-refractivity contribution >= 4 is 31.5 Å². The number of carbonyl (C=O) groups is 1. The zero-order valence-corrected chi connectivity index (χ0v) is 19.4. The number of anilines is 1. The van der Waals surface area contributed by atoms with Crippen LogP contribution in [0, 0.1) is 0 Å². The molecule has 0 radical (unpaired) electrons. The van der Waals surface area contributed by atoms with E-state index in [1.807, 2.05) is 0 Å². The molecule has 0 fully saturated rings. The van der Waals surface area contributed by atoms with Crippen molar-refractivity contribution in [3.63, 3.8) is 0 Å². The Hall–Kier alpha value is -2.40. The van der Waals surface area contributed by atoms with Gasteiger partial charge in [-0.1, -0.05) is 32.6 Å². The Bertz CT molecular complexity index is 1160. The van der Waals surface area contributed by atoms with E-state index in [1.165, 1.54) is 23.5 Å². The van der Waals surface area contributed by atoms with Gasteiger partial charge in [0.05, 0.1) is 23.1 Å². The number of sulfonamides is 1. The van der Waals surface area contributed by atoms with Crippen molar-refractivity contribution in [3.05, 3.63) is 42.0 Å². The lowest BCUT2D eigenvalue weighted by Gasteiger charge is -2.18. The van der Waals surface area contributed by atoms with Crippen LogP contribution in [0.2, 0.25) is 0 Å². The van der Waals surface area contributed by atoms with Gasteiger partial charge in [0.25, 0.3) is 5.91 Å². The van der Waals surface area contributed by atoms with Gasteiger partial charge in [-0.3, -0.25) is 4.79 Å². The molecule has 0 atom stereocenters. The summed E-state index contributed by atoms with van der Waals surface area (Å²) in [5, 5.41) is 0. The molecule has 1 aromatic heterocycles. The van der Waals surface area contributed by atoms with Gasteiger partial charge in [-0.05, 0) is 36.6 Å². The molecule has 0 unspecified atom stereocenters. The minimum Gasteiger partial charge on any atom is -0.306 e. The van der Waals surface area contributed by atoms with E-state index >= 15 is 0 Å². The van der Waals surface area contributed by atoms with Crippen LogP contribution in [0.25, 0.3) is 0 Å². The predicted molar refractivity (Wildman–Crippen MR) is 119 cm³/mol. The Morgan fingerprint density at radius 1 is 1.13 bits per heavy atom. The van der Waals surface area contributed by atoms with Crippen molar-refractivity contribution in [2.75, 3.05) is 28.3 Å². The van der Waals surface area contributed by atoms with Crippen molar-refractivity contribution in [1.29, 1.82) is 0 Å². The highest BCUT2D eigenvalue weighted by Crippen LogP contribution is 2.31. The van der Waals surface area contributed by atoms with Crippen molar-refractivity contribution in [3.8, 4) is 0 Å². The smallest absolute Gasteiger partial charge is 0.278 e. The number of benzene rings is 1. The van der Waals surface area contributed by atoms with E-state index in [0.717, 1.165) is 42.2 Å². The quantitative estimate of drug-likeness (QED) is 0.535. The Balaban J connectivity index is 1.75. The number of hydrogen-bond acceptors (Lipinski definition) is 6. The maximum Gasteiger partial charge on any atom is 0.278 e. The molecule has 1 N–H and O–H groups in total. The summed E-state index contributed by atoms with van der Waals surface area (Å²) in [6.45, 7) is 2.49. The molecule has 2 aromatic rings. The SMILES string of the molecule is CCCCCCCS(=O)(=O)c1ccc2c(c1)CCN2C(=O)c1cncn1NS(C)(=O)=O. The molecule has 1 aromatic carbocycles. The highest BCUT2D eigenvalue weighted by Gasteiger charge is 2.29. The fourth-order valence-electron chi connectivity index (χ4n) is 3.64. The first-order chi connectivity index (χ1) is 14.6. The number of imidazole rings is 1. The number of sulfone groups is 1. The first kappa shape index (κ1) is 23.3. The summed E-state index contributed by atoms with van der Waals surface area (Å²) in [6, 6.07) is 4.84. The lowest BCUT2D eigenvalue weighted by atomic mass is 10.2. The molecule has 0 spiro atoms. The van der Waals surface area contributed by atoms with E-state index in [4.69, 9.17) is 0 Å². The molecule has 1 aliphatic rings. The lowest BCUT2D eigenvalue weighted by molar-refractivity contribution is 0.0982. The summed E-state index contributed by atoms with van der Waals surface area (Å²) in [6.07, 6.45) is 8.80. The van der Waals surface area contributed by atoms with Crippen LogP contribution in [0.5, 0.6) is 0 Å². The molecule has 0 aliphatic carbocycles. The zero-order valence-electron chi connectivity index (χ0n) is 17.7. The third kappa shape index (κ3) is 5.65. The molecular weight excluding hydrogens is 440 g/mol. The second kappa shape index (κ2) is 9.39. The summed E-state index contributed by atoms with van der Waals surface area (Å²) < 4.78 is 49.5. The number of aromatic nitrogens is 2. The molecule has 1 amide bonds. The summed E-state index contributed by atoms with van der Waals surface area (Å²) in [5.74, 6) is -0.298. The van der Waals surface area contributed by atoms with Crippen molar-refractivity contribution in [2.24, 2.45) is 0 Å². The average Bonchev–Trinajstić information content (AvgIpc) is 3.32. The highest BCUT2D eigenvalue weighted by atomic mass is 32.2. The molecule has 0 bridgehead atoms. The van der Waals surface area contributed by atoms with Crippen LogP contribution >= 0.6 is 0 Å². The second-order valence-corrected chi connectivity index (χ2v) is 11.6.